The summed E-state index contributed by atoms with van der Waals surface area (Å²) in [6, 6.07) is 6.20. The van der Waals surface area contributed by atoms with E-state index < -0.39 is 47.3 Å². The van der Waals surface area contributed by atoms with Crippen LogP contribution in [0.4, 0.5) is 37.8 Å². The Morgan fingerprint density at radius 1 is 1.13 bits per heavy atom. The summed E-state index contributed by atoms with van der Waals surface area (Å²) in [5.41, 5.74) is -2.01. The van der Waals surface area contributed by atoms with Gasteiger partial charge in [-0.05, 0) is 23.6 Å². The van der Waals surface area contributed by atoms with Crippen molar-refractivity contribution in [1.29, 1.82) is 0 Å². The molecule has 164 valence electrons. The molecule has 3 aromatic rings. The van der Waals surface area contributed by atoms with Crippen molar-refractivity contribution in [3.05, 3.63) is 64.0 Å². The molecule has 0 saturated carbocycles. The predicted octanol–water partition coefficient (Wildman–Crippen LogP) is 5.88. The Kier molecular flexibility index (Phi) is 5.20. The number of carbonyl (C=O) groups is 1. The zero-order valence-corrected chi connectivity index (χ0v) is 16.3. The molecule has 2 aromatic heterocycles. The van der Waals surface area contributed by atoms with Gasteiger partial charge in [0.1, 0.15) is 5.82 Å². The lowest BCUT2D eigenvalue weighted by Gasteiger charge is -2.32. The maximum Gasteiger partial charge on any atom is 0.418 e. The van der Waals surface area contributed by atoms with E-state index in [-0.39, 0.29) is 12.2 Å². The van der Waals surface area contributed by atoms with Gasteiger partial charge in [-0.2, -0.15) is 31.4 Å². The second-order valence-electron chi connectivity index (χ2n) is 6.86. The van der Waals surface area contributed by atoms with Gasteiger partial charge in [-0.1, -0.05) is 18.2 Å². The van der Waals surface area contributed by atoms with Gasteiger partial charge in [0, 0.05) is 17.4 Å². The van der Waals surface area contributed by atoms with Crippen molar-refractivity contribution in [2.24, 2.45) is 0 Å². The molecule has 31 heavy (non-hydrogen) atoms. The van der Waals surface area contributed by atoms with Crippen molar-refractivity contribution in [2.75, 3.05) is 10.6 Å². The van der Waals surface area contributed by atoms with E-state index in [0.29, 0.717) is 9.56 Å². The maximum absolute atomic E-state index is 13.7. The minimum Gasteiger partial charge on any atom is -0.363 e. The van der Waals surface area contributed by atoms with E-state index in [4.69, 9.17) is 0 Å². The largest absolute Gasteiger partial charge is 0.418 e. The Bertz CT molecular complexity index is 1090. The number of alkyl halides is 6. The molecule has 12 heteroatoms. The molecular formula is C19H14F6N4OS. The molecular weight excluding hydrogens is 446 g/mol. The number of anilines is 2. The van der Waals surface area contributed by atoms with Crippen molar-refractivity contribution in [3.63, 3.8) is 0 Å². The van der Waals surface area contributed by atoms with Crippen molar-refractivity contribution < 1.29 is 31.1 Å². The molecule has 1 aliphatic heterocycles. The number of hydrogen-bond donors (Lipinski definition) is 2. The Hall–Kier alpha value is -3.02. The molecule has 3 heterocycles. The summed E-state index contributed by atoms with van der Waals surface area (Å²) in [7, 11) is 0. The van der Waals surface area contributed by atoms with Gasteiger partial charge < -0.3 is 10.6 Å². The van der Waals surface area contributed by atoms with Crippen molar-refractivity contribution >= 4 is 28.7 Å². The summed E-state index contributed by atoms with van der Waals surface area (Å²) >= 11 is 1.29. The molecule has 0 spiro atoms. The third-order valence-electron chi connectivity index (χ3n) is 4.79. The van der Waals surface area contributed by atoms with Gasteiger partial charge in [0.05, 0.1) is 17.3 Å². The third kappa shape index (κ3) is 4.24. The molecule has 0 fully saturated rings. The lowest BCUT2D eigenvalue weighted by atomic mass is 10.0. The van der Waals surface area contributed by atoms with Crippen LogP contribution in [0.3, 0.4) is 0 Å². The Morgan fingerprint density at radius 3 is 2.52 bits per heavy atom. The van der Waals surface area contributed by atoms with Crippen molar-refractivity contribution in [3.8, 4) is 0 Å². The molecule has 4 rings (SSSR count). The van der Waals surface area contributed by atoms with Gasteiger partial charge in [0.2, 0.25) is 0 Å². The minimum atomic E-state index is -4.71. The van der Waals surface area contributed by atoms with Crippen LogP contribution >= 0.6 is 11.3 Å². The van der Waals surface area contributed by atoms with E-state index in [2.05, 4.69) is 15.7 Å². The minimum absolute atomic E-state index is 0.0405. The van der Waals surface area contributed by atoms with Crippen LogP contribution in [0.15, 0.2) is 47.8 Å². The monoisotopic (exact) mass is 460 g/mol. The summed E-state index contributed by atoms with van der Waals surface area (Å²) in [6.45, 7) is 0. The summed E-state index contributed by atoms with van der Waals surface area (Å²) in [4.78, 5) is 13.2. The highest BCUT2D eigenvalue weighted by Gasteiger charge is 2.47. The van der Waals surface area contributed by atoms with E-state index in [1.807, 2.05) is 0 Å². The van der Waals surface area contributed by atoms with Crippen molar-refractivity contribution in [2.45, 2.75) is 30.9 Å². The van der Waals surface area contributed by atoms with Crippen LogP contribution in [0, 0.1) is 0 Å². The number of thiophene rings is 1. The average Bonchev–Trinajstić information content (AvgIpc) is 3.35. The second kappa shape index (κ2) is 7.59. The first-order chi connectivity index (χ1) is 14.5. The highest BCUT2D eigenvalue weighted by Crippen LogP contribution is 2.44. The molecule has 1 amide bonds. The topological polar surface area (TPSA) is 59.0 Å². The number of amides is 1. The number of carbonyl (C=O) groups excluding carboxylic acids is 1. The summed E-state index contributed by atoms with van der Waals surface area (Å²) < 4.78 is 81.1. The SMILES string of the molecule is O=C(Nc1ccccc1C(F)(F)F)c1cc2n(n1)[C@H](C(F)(F)F)C[C@@H](c1cccs1)N2. The first kappa shape index (κ1) is 21.2. The van der Waals surface area contributed by atoms with Crippen LogP contribution in [-0.4, -0.2) is 21.9 Å². The number of nitrogens with zero attached hydrogens (tertiary/aromatic N) is 2. The molecule has 1 aliphatic rings. The lowest BCUT2D eigenvalue weighted by molar-refractivity contribution is -0.173. The third-order valence-corrected chi connectivity index (χ3v) is 5.78. The molecule has 0 radical (unpaired) electrons. The first-order valence-corrected chi connectivity index (χ1v) is 9.86. The molecule has 5 nitrogen and oxygen atoms in total. The lowest BCUT2D eigenvalue weighted by Crippen LogP contribution is -2.35. The highest BCUT2D eigenvalue weighted by atomic mass is 32.1. The van der Waals surface area contributed by atoms with Crippen LogP contribution in [0.5, 0.6) is 0 Å². The molecule has 2 atom stereocenters. The number of rotatable bonds is 3. The molecule has 0 aliphatic carbocycles. The fourth-order valence-corrected chi connectivity index (χ4v) is 4.18. The van der Waals surface area contributed by atoms with Crippen LogP contribution in [-0.2, 0) is 6.18 Å². The average molecular weight is 460 g/mol. The highest BCUT2D eigenvalue weighted by molar-refractivity contribution is 7.10. The van der Waals surface area contributed by atoms with E-state index in [0.717, 1.165) is 24.3 Å². The van der Waals surface area contributed by atoms with E-state index >= 15 is 0 Å². The summed E-state index contributed by atoms with van der Waals surface area (Å²) in [5.74, 6) is -1.09. The zero-order chi connectivity index (χ0) is 22.4. The van der Waals surface area contributed by atoms with Gasteiger partial charge in [-0.15, -0.1) is 11.3 Å². The number of hydrogen-bond acceptors (Lipinski definition) is 4. The van der Waals surface area contributed by atoms with Gasteiger partial charge in [0.25, 0.3) is 5.91 Å². The quantitative estimate of drug-likeness (QED) is 0.481. The van der Waals surface area contributed by atoms with E-state index in [1.165, 1.54) is 17.4 Å². The smallest absolute Gasteiger partial charge is 0.363 e. The van der Waals surface area contributed by atoms with Gasteiger partial charge in [-0.25, -0.2) is 4.68 Å². The predicted molar refractivity (Wildman–Crippen MR) is 102 cm³/mol. The Balaban J connectivity index is 1.65. The molecule has 0 unspecified atom stereocenters. The van der Waals surface area contributed by atoms with Crippen LogP contribution < -0.4 is 10.6 Å². The Labute approximate surface area is 175 Å². The van der Waals surface area contributed by atoms with Crippen LogP contribution in [0.2, 0.25) is 0 Å². The van der Waals surface area contributed by atoms with E-state index in [1.54, 1.807) is 17.5 Å². The number of benzene rings is 1. The fourth-order valence-electron chi connectivity index (χ4n) is 3.39. The van der Waals surface area contributed by atoms with E-state index in [9.17, 15) is 31.1 Å². The molecule has 0 saturated heterocycles. The van der Waals surface area contributed by atoms with Gasteiger partial charge >= 0.3 is 12.4 Å². The number of para-hydroxylation sites is 1. The standard InChI is InChI=1S/C19H14F6N4OS/c20-18(21,22)10-4-1-2-5-11(10)27-17(30)13-9-16-26-12(14-6-3-7-31-14)8-15(19(23,24)25)29(16)28-13/h1-7,9,12,15,26H,8H2,(H,27,30)/t12-,15-/m0/s1. The number of halogens is 6. The number of nitrogens with one attached hydrogen (secondary N) is 2. The van der Waals surface area contributed by atoms with Gasteiger partial charge in [0.15, 0.2) is 11.7 Å². The normalized spacial score (nSPS) is 18.9. The molecule has 2 N–H and O–H groups in total. The summed E-state index contributed by atoms with van der Waals surface area (Å²) in [5, 5.41) is 10.5. The summed E-state index contributed by atoms with van der Waals surface area (Å²) in [6.07, 6.45) is -9.68. The first-order valence-electron chi connectivity index (χ1n) is 8.98. The zero-order valence-electron chi connectivity index (χ0n) is 15.5. The maximum atomic E-state index is 13.7. The molecule has 0 bridgehead atoms. The Morgan fingerprint density at radius 2 is 1.87 bits per heavy atom. The second-order valence-corrected chi connectivity index (χ2v) is 7.84. The number of aromatic nitrogens is 2. The molecule has 1 aromatic carbocycles. The van der Waals surface area contributed by atoms with Crippen molar-refractivity contribution in [1.82, 2.24) is 9.78 Å². The fraction of sp³-hybridized carbons (Fsp3) is 0.263. The number of fused-ring (bicyclic) bond motifs is 1. The van der Waals surface area contributed by atoms with Crippen LogP contribution in [0.25, 0.3) is 0 Å². The van der Waals surface area contributed by atoms with Gasteiger partial charge in [-0.3, -0.25) is 4.79 Å². The van der Waals surface area contributed by atoms with Crippen LogP contribution in [0.1, 0.15) is 39.4 Å².